The van der Waals surface area contributed by atoms with E-state index in [4.69, 9.17) is 4.74 Å². The highest BCUT2D eigenvalue weighted by molar-refractivity contribution is 7.99. The molecule has 7 nitrogen and oxygen atoms in total. The highest BCUT2D eigenvalue weighted by Gasteiger charge is 2.43. The summed E-state index contributed by atoms with van der Waals surface area (Å²) in [6.45, 7) is 5.99. The highest BCUT2D eigenvalue weighted by atomic mass is 32.2. The number of carbonyl (C=O) groups excluding carboxylic acids is 1. The quantitative estimate of drug-likeness (QED) is 0.464. The Labute approximate surface area is 179 Å². The van der Waals surface area contributed by atoms with E-state index >= 15 is 0 Å². The molecule has 0 fully saturated rings. The number of ether oxygens (including phenoxy) is 1. The van der Waals surface area contributed by atoms with Gasteiger partial charge in [-0.15, -0.1) is 0 Å². The van der Waals surface area contributed by atoms with Crippen molar-refractivity contribution in [2.45, 2.75) is 32.1 Å². The van der Waals surface area contributed by atoms with Crippen molar-refractivity contribution >= 4 is 23.4 Å². The lowest BCUT2D eigenvalue weighted by molar-refractivity contribution is -0.764. The first-order valence-electron chi connectivity index (χ1n) is 9.80. The molecule has 0 radical (unpaired) electrons. The molecule has 2 aromatic carbocycles. The van der Waals surface area contributed by atoms with Gasteiger partial charge in [-0.3, -0.25) is 4.79 Å². The molecule has 4 rings (SSSR count). The number of anilines is 1. The average Bonchev–Trinajstić information content (AvgIpc) is 2.73. The van der Waals surface area contributed by atoms with Gasteiger partial charge in [0, 0.05) is 17.6 Å². The smallest absolute Gasteiger partial charge is 0.293 e. The molecule has 2 heterocycles. The Morgan fingerprint density at radius 2 is 1.93 bits per heavy atom. The third-order valence-electron chi connectivity index (χ3n) is 4.82. The number of benzene rings is 2. The predicted octanol–water partition coefficient (Wildman–Crippen LogP) is 2.93. The number of aromatic nitrogens is 3. The zero-order valence-electron chi connectivity index (χ0n) is 17.0. The van der Waals surface area contributed by atoms with Gasteiger partial charge in [-0.05, 0) is 49.1 Å². The topological polar surface area (TPSA) is 82.3 Å². The minimum atomic E-state index is -0.602. The maximum atomic E-state index is 13.0. The molecule has 154 valence electrons. The van der Waals surface area contributed by atoms with Crippen molar-refractivity contribution in [2.24, 2.45) is 0 Å². The molecule has 3 aromatic rings. The molecular weight excluding hydrogens is 400 g/mol. The third-order valence-corrected chi connectivity index (χ3v) is 5.54. The van der Waals surface area contributed by atoms with E-state index in [0.717, 1.165) is 17.1 Å². The molecule has 0 spiro atoms. The van der Waals surface area contributed by atoms with Crippen LogP contribution in [0.25, 0.3) is 11.3 Å². The fraction of sp³-hybridized carbons (Fsp3) is 0.273. The lowest BCUT2D eigenvalue weighted by atomic mass is 10.0. The van der Waals surface area contributed by atoms with Gasteiger partial charge in [-0.25, -0.2) is 9.88 Å². The highest BCUT2D eigenvalue weighted by Crippen LogP contribution is 2.40. The van der Waals surface area contributed by atoms with Crippen molar-refractivity contribution < 1.29 is 19.3 Å². The van der Waals surface area contributed by atoms with Gasteiger partial charge in [-0.1, -0.05) is 35.5 Å². The second-order valence-electron chi connectivity index (χ2n) is 6.71. The van der Waals surface area contributed by atoms with E-state index in [0.29, 0.717) is 28.7 Å². The van der Waals surface area contributed by atoms with Crippen LogP contribution in [-0.4, -0.2) is 28.3 Å². The summed E-state index contributed by atoms with van der Waals surface area (Å²) in [5, 5.41) is 18.1. The number of nitrogens with zero attached hydrogens (tertiary/aromatic N) is 4. The zero-order chi connectivity index (χ0) is 21.3. The summed E-state index contributed by atoms with van der Waals surface area (Å²) in [4.78, 5) is 18.6. The molecule has 1 atom stereocenters. The Morgan fingerprint density at radius 3 is 2.60 bits per heavy atom. The number of thioether (sulfide) groups is 1. The number of carbonyl (C=O) groups is 1. The zero-order valence-corrected chi connectivity index (χ0v) is 17.8. The SMILES string of the molecule is CCOc1ccc(C2N(C(C)=O)c3ccccc3-c3c([O-])nc(SCC)n[n+]32)cc1. The minimum absolute atomic E-state index is 0.143. The Morgan fingerprint density at radius 1 is 1.20 bits per heavy atom. The molecular formula is C22H22N4O3S. The van der Waals surface area contributed by atoms with Crippen LogP contribution in [0.3, 0.4) is 0 Å². The molecule has 0 bridgehead atoms. The Hall–Kier alpha value is -3.13. The Balaban J connectivity index is 1.97. The molecule has 8 heteroatoms. The van der Waals surface area contributed by atoms with Gasteiger partial charge in [0.05, 0.1) is 23.7 Å². The summed E-state index contributed by atoms with van der Waals surface area (Å²) < 4.78 is 7.18. The molecule has 0 N–H and O–H groups in total. The number of para-hydroxylation sites is 1. The van der Waals surface area contributed by atoms with Crippen molar-refractivity contribution in [1.82, 2.24) is 10.1 Å². The van der Waals surface area contributed by atoms with E-state index in [1.807, 2.05) is 62.4 Å². The molecule has 30 heavy (non-hydrogen) atoms. The van der Waals surface area contributed by atoms with E-state index in [9.17, 15) is 9.90 Å². The number of amides is 1. The van der Waals surface area contributed by atoms with E-state index < -0.39 is 6.17 Å². The van der Waals surface area contributed by atoms with Gasteiger partial charge >= 0.3 is 0 Å². The van der Waals surface area contributed by atoms with Crippen LogP contribution in [-0.2, 0) is 4.79 Å². The second-order valence-corrected chi connectivity index (χ2v) is 7.94. The number of rotatable bonds is 5. The number of hydrogen-bond acceptors (Lipinski definition) is 6. The van der Waals surface area contributed by atoms with E-state index in [-0.39, 0.29) is 11.8 Å². The van der Waals surface area contributed by atoms with Crippen LogP contribution < -0.4 is 19.4 Å². The summed E-state index contributed by atoms with van der Waals surface area (Å²) in [6, 6.07) is 14.9. The molecule has 1 unspecified atom stereocenters. The third kappa shape index (κ3) is 3.47. The van der Waals surface area contributed by atoms with Gasteiger partial charge in [0.2, 0.25) is 5.91 Å². The van der Waals surface area contributed by atoms with Crippen LogP contribution in [0.1, 0.15) is 32.5 Å². The normalized spacial score (nSPS) is 14.8. The minimum Gasteiger partial charge on any atom is -0.854 e. The molecule has 0 saturated heterocycles. The summed E-state index contributed by atoms with van der Waals surface area (Å²) in [5.74, 6) is 0.980. The van der Waals surface area contributed by atoms with Crippen LogP contribution in [0.15, 0.2) is 53.7 Å². The lowest BCUT2D eigenvalue weighted by Gasteiger charge is -2.32. The standard InChI is InChI=1S/C22H22N4O3S/c1-4-29-16-12-10-15(11-13-16)21-25(14(3)27)18-9-7-6-8-17(18)19-20(28)23-22(30-5-2)24-26(19)21/h6-13,21H,4-5H2,1-3H3. The number of fused-ring (bicyclic) bond motifs is 3. The fourth-order valence-corrected chi connectivity index (χ4v) is 4.22. The maximum absolute atomic E-state index is 13.0. The van der Waals surface area contributed by atoms with Crippen molar-refractivity contribution in [3.63, 3.8) is 0 Å². The van der Waals surface area contributed by atoms with Crippen LogP contribution >= 0.6 is 11.8 Å². The van der Waals surface area contributed by atoms with Crippen molar-refractivity contribution in [3.05, 3.63) is 54.1 Å². The summed E-state index contributed by atoms with van der Waals surface area (Å²) in [6.07, 6.45) is -0.602. The summed E-state index contributed by atoms with van der Waals surface area (Å²) >= 11 is 1.39. The van der Waals surface area contributed by atoms with Crippen molar-refractivity contribution in [1.29, 1.82) is 0 Å². The van der Waals surface area contributed by atoms with Gasteiger partial charge in [0.1, 0.15) is 5.75 Å². The lowest BCUT2D eigenvalue weighted by Crippen LogP contribution is -2.58. The largest absolute Gasteiger partial charge is 0.854 e. The Bertz CT molecular complexity index is 1090. The van der Waals surface area contributed by atoms with Gasteiger partial charge in [0.15, 0.2) is 0 Å². The maximum Gasteiger partial charge on any atom is 0.293 e. The molecule has 1 aliphatic heterocycles. The van der Waals surface area contributed by atoms with Crippen LogP contribution in [0.5, 0.6) is 11.6 Å². The number of hydrogen-bond donors (Lipinski definition) is 0. The Kier molecular flexibility index (Phi) is 5.59. The first-order valence-corrected chi connectivity index (χ1v) is 10.8. The first kappa shape index (κ1) is 20.2. The second kappa shape index (κ2) is 8.31. The van der Waals surface area contributed by atoms with Crippen molar-refractivity contribution in [3.8, 4) is 22.9 Å². The molecule has 1 amide bonds. The fourth-order valence-electron chi connectivity index (χ4n) is 3.67. The van der Waals surface area contributed by atoms with Crippen LogP contribution in [0.2, 0.25) is 0 Å². The molecule has 1 aliphatic rings. The first-order chi connectivity index (χ1) is 14.5. The van der Waals surface area contributed by atoms with Gasteiger partial charge in [-0.2, -0.15) is 0 Å². The molecule has 0 saturated carbocycles. The van der Waals surface area contributed by atoms with E-state index in [1.165, 1.54) is 18.7 Å². The van der Waals surface area contributed by atoms with E-state index in [1.54, 1.807) is 9.58 Å². The van der Waals surface area contributed by atoms with Crippen LogP contribution in [0, 0.1) is 0 Å². The molecule has 1 aromatic heterocycles. The van der Waals surface area contributed by atoms with Gasteiger partial charge in [0.25, 0.3) is 17.0 Å². The van der Waals surface area contributed by atoms with Crippen LogP contribution in [0.4, 0.5) is 5.69 Å². The summed E-state index contributed by atoms with van der Waals surface area (Å²) in [7, 11) is 0. The molecule has 0 aliphatic carbocycles. The van der Waals surface area contributed by atoms with Crippen molar-refractivity contribution in [2.75, 3.05) is 17.3 Å². The van der Waals surface area contributed by atoms with E-state index in [2.05, 4.69) is 10.1 Å². The predicted molar refractivity (Wildman–Crippen MR) is 112 cm³/mol. The summed E-state index contributed by atoms with van der Waals surface area (Å²) in [5.41, 5.74) is 2.51. The monoisotopic (exact) mass is 422 g/mol. The average molecular weight is 423 g/mol. The van der Waals surface area contributed by atoms with Gasteiger partial charge < -0.3 is 9.84 Å².